The second-order valence-electron chi connectivity index (χ2n) is 6.97. The van der Waals surface area contributed by atoms with Crippen molar-refractivity contribution in [3.63, 3.8) is 0 Å². The van der Waals surface area contributed by atoms with Gasteiger partial charge in [-0.3, -0.25) is 14.6 Å². The van der Waals surface area contributed by atoms with Crippen LogP contribution in [0.15, 0.2) is 30.5 Å². The monoisotopic (exact) mass is 328 g/mol. The van der Waals surface area contributed by atoms with Crippen LogP contribution in [-0.2, 0) is 0 Å². The molecule has 2 rings (SSSR count). The predicted octanol–water partition coefficient (Wildman–Crippen LogP) is 3.78. The van der Waals surface area contributed by atoms with Crippen molar-refractivity contribution < 1.29 is 14.0 Å². The molecule has 1 aromatic carbocycles. The number of rotatable bonds is 4. The van der Waals surface area contributed by atoms with Crippen LogP contribution in [0.2, 0.25) is 0 Å². The van der Waals surface area contributed by atoms with E-state index < -0.39 is 5.82 Å². The summed E-state index contributed by atoms with van der Waals surface area (Å²) in [7, 11) is 0. The molecule has 0 radical (unpaired) electrons. The number of carbonyl (C=O) groups excluding carboxylic acids is 2. The molecule has 0 spiro atoms. The normalized spacial score (nSPS) is 11.2. The Morgan fingerprint density at radius 3 is 2.54 bits per heavy atom. The van der Waals surface area contributed by atoms with E-state index in [0.29, 0.717) is 35.2 Å². The van der Waals surface area contributed by atoms with Crippen LogP contribution in [0, 0.1) is 18.2 Å². The van der Waals surface area contributed by atoms with Crippen molar-refractivity contribution in [2.45, 2.75) is 27.7 Å². The molecule has 2 aromatic rings. The Morgan fingerprint density at radius 2 is 2.00 bits per heavy atom. The highest BCUT2D eigenvalue weighted by Gasteiger charge is 2.14. The molecule has 0 bridgehead atoms. The second kappa shape index (κ2) is 6.91. The predicted molar refractivity (Wildman–Crippen MR) is 91.5 cm³/mol. The topological polar surface area (TPSA) is 59.1 Å². The number of aldehydes is 1. The number of pyridine rings is 1. The number of halogens is 1. The quantitative estimate of drug-likeness (QED) is 0.869. The molecule has 24 heavy (non-hydrogen) atoms. The highest BCUT2D eigenvalue weighted by molar-refractivity contribution is 5.94. The molecular weight excluding hydrogens is 307 g/mol. The Balaban J connectivity index is 2.25. The Kier molecular flexibility index (Phi) is 5.12. The van der Waals surface area contributed by atoms with Crippen LogP contribution >= 0.6 is 0 Å². The second-order valence-corrected chi connectivity index (χ2v) is 6.97. The molecule has 1 N–H and O–H groups in total. The molecule has 0 fully saturated rings. The SMILES string of the molecule is Cc1c(F)cc(C=O)cc1-c1ccc(C(=O)NCC(C)(C)C)cn1. The van der Waals surface area contributed by atoms with Crippen LogP contribution in [-0.4, -0.2) is 23.7 Å². The Bertz CT molecular complexity index is 762. The van der Waals surface area contributed by atoms with Crippen LogP contribution in [0.3, 0.4) is 0 Å². The van der Waals surface area contributed by atoms with Gasteiger partial charge in [0.05, 0.1) is 11.3 Å². The van der Waals surface area contributed by atoms with Gasteiger partial charge >= 0.3 is 0 Å². The molecule has 4 nitrogen and oxygen atoms in total. The van der Waals surface area contributed by atoms with Crippen LogP contribution in [0.1, 0.15) is 47.1 Å². The molecule has 0 atom stereocenters. The molecule has 0 aliphatic heterocycles. The van der Waals surface area contributed by atoms with Crippen molar-refractivity contribution in [3.05, 3.63) is 53.0 Å². The summed E-state index contributed by atoms with van der Waals surface area (Å²) in [6.45, 7) is 8.29. The first-order valence-electron chi connectivity index (χ1n) is 7.71. The van der Waals surface area contributed by atoms with Crippen LogP contribution in [0.4, 0.5) is 4.39 Å². The molecule has 0 aliphatic rings. The van der Waals surface area contributed by atoms with Crippen molar-refractivity contribution >= 4 is 12.2 Å². The van der Waals surface area contributed by atoms with Crippen LogP contribution in [0.25, 0.3) is 11.3 Å². The summed E-state index contributed by atoms with van der Waals surface area (Å²) < 4.78 is 13.9. The number of amides is 1. The lowest BCUT2D eigenvalue weighted by Crippen LogP contribution is -2.32. The van der Waals surface area contributed by atoms with Gasteiger partial charge in [0.25, 0.3) is 5.91 Å². The number of hydrogen-bond donors (Lipinski definition) is 1. The van der Waals surface area contributed by atoms with Crippen molar-refractivity contribution in [2.24, 2.45) is 5.41 Å². The highest BCUT2D eigenvalue weighted by Crippen LogP contribution is 2.25. The highest BCUT2D eigenvalue weighted by atomic mass is 19.1. The lowest BCUT2D eigenvalue weighted by Gasteiger charge is -2.18. The molecule has 0 unspecified atom stereocenters. The number of aromatic nitrogens is 1. The molecule has 1 heterocycles. The average molecular weight is 328 g/mol. The van der Waals surface area contributed by atoms with Gasteiger partial charge in [-0.05, 0) is 42.2 Å². The third-order valence-electron chi connectivity index (χ3n) is 3.58. The van der Waals surface area contributed by atoms with E-state index in [9.17, 15) is 14.0 Å². The van der Waals surface area contributed by atoms with Gasteiger partial charge in [-0.25, -0.2) is 4.39 Å². The van der Waals surface area contributed by atoms with Crippen molar-refractivity contribution in [1.82, 2.24) is 10.3 Å². The Morgan fingerprint density at radius 1 is 1.29 bits per heavy atom. The smallest absolute Gasteiger partial charge is 0.252 e. The van der Waals surface area contributed by atoms with Crippen LogP contribution < -0.4 is 5.32 Å². The summed E-state index contributed by atoms with van der Waals surface area (Å²) in [5, 5.41) is 2.85. The number of carbonyl (C=O) groups is 2. The van der Waals surface area contributed by atoms with Gasteiger partial charge in [0, 0.05) is 23.9 Å². The molecule has 126 valence electrons. The zero-order chi connectivity index (χ0) is 17.9. The van der Waals surface area contributed by atoms with Crippen molar-refractivity contribution in [2.75, 3.05) is 6.54 Å². The zero-order valence-corrected chi connectivity index (χ0v) is 14.3. The van der Waals surface area contributed by atoms with E-state index in [1.807, 2.05) is 20.8 Å². The first-order chi connectivity index (χ1) is 11.2. The molecule has 0 saturated carbocycles. The van der Waals surface area contributed by atoms with Gasteiger partial charge in [0.2, 0.25) is 0 Å². The minimum absolute atomic E-state index is 0.00701. The third-order valence-corrected chi connectivity index (χ3v) is 3.58. The van der Waals surface area contributed by atoms with E-state index in [1.165, 1.54) is 12.3 Å². The van der Waals surface area contributed by atoms with E-state index in [4.69, 9.17) is 0 Å². The zero-order valence-electron chi connectivity index (χ0n) is 14.3. The summed E-state index contributed by atoms with van der Waals surface area (Å²) in [5.74, 6) is -0.656. The van der Waals surface area contributed by atoms with Gasteiger partial charge in [-0.1, -0.05) is 20.8 Å². The van der Waals surface area contributed by atoms with E-state index in [-0.39, 0.29) is 16.9 Å². The maximum atomic E-state index is 13.9. The van der Waals surface area contributed by atoms with Crippen LogP contribution in [0.5, 0.6) is 0 Å². The fourth-order valence-corrected chi connectivity index (χ4v) is 2.17. The van der Waals surface area contributed by atoms with E-state index in [0.717, 1.165) is 0 Å². The lowest BCUT2D eigenvalue weighted by atomic mass is 9.97. The van der Waals surface area contributed by atoms with Gasteiger partial charge in [0.1, 0.15) is 12.1 Å². The number of benzene rings is 1. The van der Waals surface area contributed by atoms with Gasteiger partial charge < -0.3 is 5.32 Å². The Labute approximate surface area is 141 Å². The standard InChI is InChI=1S/C19H21FN2O2/c1-12-15(7-13(10-23)8-16(12)20)17-6-5-14(9-21-17)18(24)22-11-19(2,3)4/h5-10H,11H2,1-4H3,(H,22,24). The maximum Gasteiger partial charge on any atom is 0.252 e. The summed E-state index contributed by atoms with van der Waals surface area (Å²) in [6, 6.07) is 6.08. The number of nitrogens with zero attached hydrogens (tertiary/aromatic N) is 1. The first-order valence-corrected chi connectivity index (χ1v) is 7.71. The van der Waals surface area contributed by atoms with Crippen molar-refractivity contribution in [1.29, 1.82) is 0 Å². The average Bonchev–Trinajstić information content (AvgIpc) is 2.54. The molecule has 1 aromatic heterocycles. The maximum absolute atomic E-state index is 13.9. The fraction of sp³-hybridized carbons (Fsp3) is 0.316. The molecule has 5 heteroatoms. The number of nitrogens with one attached hydrogen (secondary N) is 1. The summed E-state index contributed by atoms with van der Waals surface area (Å²) in [4.78, 5) is 27.3. The van der Waals surface area contributed by atoms with E-state index in [2.05, 4.69) is 10.3 Å². The molecule has 0 aliphatic carbocycles. The number of hydrogen-bond acceptors (Lipinski definition) is 3. The molecular formula is C19H21FN2O2. The minimum atomic E-state index is -0.455. The van der Waals surface area contributed by atoms with E-state index in [1.54, 1.807) is 25.1 Å². The third kappa shape index (κ3) is 4.25. The Hall–Kier alpha value is -2.56. The molecule has 0 saturated heterocycles. The van der Waals surface area contributed by atoms with Crippen molar-refractivity contribution in [3.8, 4) is 11.3 Å². The van der Waals surface area contributed by atoms with Gasteiger partial charge in [0.15, 0.2) is 0 Å². The lowest BCUT2D eigenvalue weighted by molar-refractivity contribution is 0.0938. The van der Waals surface area contributed by atoms with Gasteiger partial charge in [-0.2, -0.15) is 0 Å². The molecule has 1 amide bonds. The van der Waals surface area contributed by atoms with Gasteiger partial charge in [-0.15, -0.1) is 0 Å². The van der Waals surface area contributed by atoms with E-state index >= 15 is 0 Å². The summed E-state index contributed by atoms with van der Waals surface area (Å²) in [5.41, 5.74) is 2.15. The fourth-order valence-electron chi connectivity index (χ4n) is 2.17. The summed E-state index contributed by atoms with van der Waals surface area (Å²) in [6.07, 6.45) is 2.05. The summed E-state index contributed by atoms with van der Waals surface area (Å²) >= 11 is 0. The largest absolute Gasteiger partial charge is 0.351 e. The minimum Gasteiger partial charge on any atom is -0.351 e. The first kappa shape index (κ1) is 17.8.